The lowest BCUT2D eigenvalue weighted by atomic mass is 9.86. The zero-order valence-corrected chi connectivity index (χ0v) is 19.9. The Morgan fingerprint density at radius 3 is 2.57 bits per heavy atom. The van der Waals surface area contributed by atoms with Gasteiger partial charge in [-0.2, -0.15) is 0 Å². The zero-order valence-electron chi connectivity index (χ0n) is 19.9. The number of aliphatic hydroxyl groups excluding tert-OH is 1. The normalized spacial score (nSPS) is 30.2. The second-order valence-corrected chi connectivity index (χ2v) is 8.57. The summed E-state index contributed by atoms with van der Waals surface area (Å²) >= 11 is 0. The van der Waals surface area contributed by atoms with Crippen LogP contribution in [-0.2, 0) is 9.53 Å². The van der Waals surface area contributed by atoms with Crippen molar-refractivity contribution < 1.29 is 24.1 Å². The third-order valence-corrected chi connectivity index (χ3v) is 6.03. The molecule has 1 heterocycles. The van der Waals surface area contributed by atoms with E-state index in [0.29, 0.717) is 23.3 Å². The average molecular weight is 479 g/mol. The van der Waals surface area contributed by atoms with Crippen molar-refractivity contribution >= 4 is 12.0 Å². The number of carboxylic acid groups (broad SMARTS) is 1. The molecule has 3 aliphatic rings. The van der Waals surface area contributed by atoms with Crippen LogP contribution in [0.4, 0.5) is 4.39 Å². The van der Waals surface area contributed by atoms with E-state index >= 15 is 4.39 Å². The molecule has 0 aromatic carbocycles. The van der Waals surface area contributed by atoms with Gasteiger partial charge in [0.25, 0.3) is 6.02 Å². The van der Waals surface area contributed by atoms with Crippen molar-refractivity contribution in [3.05, 3.63) is 108 Å². The third kappa shape index (κ3) is 6.38. The minimum atomic E-state index is -0.925. The number of ether oxygens (including phenoxy) is 1. The van der Waals surface area contributed by atoms with Gasteiger partial charge in [0.1, 0.15) is 17.3 Å². The number of aliphatic imine (C=N–C) groups is 1. The molecule has 6 nitrogen and oxygen atoms in total. The van der Waals surface area contributed by atoms with Crippen LogP contribution in [0.15, 0.2) is 113 Å². The van der Waals surface area contributed by atoms with Gasteiger partial charge in [0.2, 0.25) is 0 Å². The summed E-state index contributed by atoms with van der Waals surface area (Å²) in [6.07, 6.45) is 17.4. The summed E-state index contributed by atoms with van der Waals surface area (Å²) in [5, 5.41) is 22.5. The standard InChI is InChI=1S/C28H31FN2O4/c1-5-22(26(32)6-2)19-8-10-20(11-9-19)23-13-14-30-28(31-18(4)15-25(23)29)35-21-12-7-17(3)24(16-21)27(33)34/h5-10,12-13,15-18,20,24,32H,1-2,11,14H2,3-4H3,(H,30,31)(H,33,34)/b23-13-,25-15+,26-22-. The molecule has 0 saturated carbocycles. The number of rotatable bonds is 6. The van der Waals surface area contributed by atoms with Crippen molar-refractivity contribution in [3.8, 4) is 0 Å². The number of amidine groups is 1. The number of carboxylic acids is 1. The van der Waals surface area contributed by atoms with Gasteiger partial charge in [-0.25, -0.2) is 9.38 Å². The minimum Gasteiger partial charge on any atom is -0.507 e. The summed E-state index contributed by atoms with van der Waals surface area (Å²) in [7, 11) is 0. The predicted molar refractivity (Wildman–Crippen MR) is 136 cm³/mol. The fourth-order valence-corrected chi connectivity index (χ4v) is 4.07. The molecule has 0 radical (unpaired) electrons. The Morgan fingerprint density at radius 1 is 1.17 bits per heavy atom. The monoisotopic (exact) mass is 478 g/mol. The maximum atomic E-state index is 15.2. The van der Waals surface area contributed by atoms with E-state index in [9.17, 15) is 15.0 Å². The van der Waals surface area contributed by atoms with Gasteiger partial charge in [-0.15, -0.1) is 0 Å². The number of aliphatic hydroxyl groups is 1. The number of hydrogen-bond acceptors (Lipinski definition) is 5. The third-order valence-electron chi connectivity index (χ3n) is 6.03. The topological polar surface area (TPSA) is 91.2 Å². The molecule has 7 heteroatoms. The quantitative estimate of drug-likeness (QED) is 0.341. The Hall–Kier alpha value is -3.87. The van der Waals surface area contributed by atoms with Crippen molar-refractivity contribution in [2.75, 3.05) is 6.54 Å². The van der Waals surface area contributed by atoms with Crippen LogP contribution in [0.5, 0.6) is 0 Å². The Balaban J connectivity index is 1.79. The van der Waals surface area contributed by atoms with Crippen LogP contribution in [0.3, 0.4) is 0 Å². The molecule has 2 aliphatic carbocycles. The number of allylic oxidation sites excluding steroid dienone is 11. The van der Waals surface area contributed by atoms with Gasteiger partial charge in [0.15, 0.2) is 0 Å². The first-order valence-corrected chi connectivity index (χ1v) is 11.5. The van der Waals surface area contributed by atoms with Gasteiger partial charge in [0, 0.05) is 17.5 Å². The van der Waals surface area contributed by atoms with E-state index in [1.165, 1.54) is 12.2 Å². The van der Waals surface area contributed by atoms with Crippen LogP contribution in [-0.4, -0.2) is 34.8 Å². The van der Waals surface area contributed by atoms with Gasteiger partial charge in [-0.3, -0.25) is 4.79 Å². The molecule has 0 saturated heterocycles. The second-order valence-electron chi connectivity index (χ2n) is 8.57. The molecule has 4 atom stereocenters. The van der Waals surface area contributed by atoms with E-state index in [0.717, 1.165) is 5.57 Å². The van der Waals surface area contributed by atoms with Gasteiger partial charge >= 0.3 is 5.97 Å². The molecule has 184 valence electrons. The molecule has 35 heavy (non-hydrogen) atoms. The molecule has 4 unspecified atom stereocenters. The lowest BCUT2D eigenvalue weighted by molar-refractivity contribution is -0.141. The van der Waals surface area contributed by atoms with Gasteiger partial charge < -0.3 is 20.3 Å². The molecule has 0 amide bonds. The first-order chi connectivity index (χ1) is 16.7. The Bertz CT molecular complexity index is 1130. The highest BCUT2D eigenvalue weighted by Crippen LogP contribution is 2.32. The van der Waals surface area contributed by atoms with Gasteiger partial charge in [0.05, 0.1) is 12.5 Å². The highest BCUT2D eigenvalue weighted by atomic mass is 19.1. The Kier molecular flexibility index (Phi) is 8.47. The molecule has 0 bridgehead atoms. The second kappa shape index (κ2) is 11.5. The summed E-state index contributed by atoms with van der Waals surface area (Å²) < 4.78 is 21.0. The van der Waals surface area contributed by atoms with Crippen molar-refractivity contribution in [3.63, 3.8) is 0 Å². The molecule has 0 spiro atoms. The Morgan fingerprint density at radius 2 is 1.94 bits per heavy atom. The average Bonchev–Trinajstić information content (AvgIpc) is 2.89. The van der Waals surface area contributed by atoms with E-state index in [1.54, 1.807) is 37.3 Å². The fourth-order valence-electron chi connectivity index (χ4n) is 4.07. The molecular weight excluding hydrogens is 447 g/mol. The van der Waals surface area contributed by atoms with Crippen LogP contribution < -0.4 is 5.32 Å². The number of carbonyl (C=O) groups is 1. The van der Waals surface area contributed by atoms with E-state index < -0.39 is 17.9 Å². The smallest absolute Gasteiger partial charge is 0.311 e. The van der Waals surface area contributed by atoms with Crippen LogP contribution in [0.1, 0.15) is 20.3 Å². The fraction of sp³-hybridized carbons (Fsp3) is 0.286. The SMILES string of the molecule is C=C/C(O)=C(\C=C)C1=CCC(C2=C/CN=C(OC3=CC(C(=O)O)C(C)C=C3)NC(C)/C=C\2F)C=C1. The maximum Gasteiger partial charge on any atom is 0.311 e. The highest BCUT2D eigenvalue weighted by molar-refractivity contribution is 5.77. The van der Waals surface area contributed by atoms with E-state index in [2.05, 4.69) is 23.5 Å². The number of halogens is 1. The summed E-state index contributed by atoms with van der Waals surface area (Å²) in [5.74, 6) is -1.88. The molecule has 0 fully saturated rings. The maximum absolute atomic E-state index is 15.2. The molecule has 0 aromatic rings. The zero-order chi connectivity index (χ0) is 25.5. The van der Waals surface area contributed by atoms with E-state index in [-0.39, 0.29) is 36.0 Å². The summed E-state index contributed by atoms with van der Waals surface area (Å²) in [5.41, 5.74) is 1.89. The largest absolute Gasteiger partial charge is 0.507 e. The molecule has 1 aliphatic heterocycles. The molecular formula is C28H31FN2O4. The van der Waals surface area contributed by atoms with Crippen molar-refractivity contribution in [2.45, 2.75) is 26.3 Å². The number of hydrogen-bond donors (Lipinski definition) is 3. The predicted octanol–water partition coefficient (Wildman–Crippen LogP) is 5.61. The lowest BCUT2D eigenvalue weighted by Gasteiger charge is -2.21. The van der Waals surface area contributed by atoms with Crippen molar-refractivity contribution in [2.24, 2.45) is 22.7 Å². The summed E-state index contributed by atoms with van der Waals surface area (Å²) in [6, 6.07) is -0.230. The first kappa shape index (κ1) is 25.7. The highest BCUT2D eigenvalue weighted by Gasteiger charge is 2.25. The summed E-state index contributed by atoms with van der Waals surface area (Å²) in [4.78, 5) is 15.9. The molecule has 3 rings (SSSR count). The molecule has 0 aromatic heterocycles. The van der Waals surface area contributed by atoms with E-state index in [4.69, 9.17) is 4.74 Å². The number of nitrogens with zero attached hydrogens (tertiary/aromatic N) is 1. The minimum absolute atomic E-state index is 0.0379. The number of aliphatic carboxylic acids is 1. The van der Waals surface area contributed by atoms with Crippen LogP contribution in [0.25, 0.3) is 0 Å². The summed E-state index contributed by atoms with van der Waals surface area (Å²) in [6.45, 7) is 11.1. The van der Waals surface area contributed by atoms with Crippen molar-refractivity contribution in [1.82, 2.24) is 5.32 Å². The van der Waals surface area contributed by atoms with Crippen LogP contribution in [0, 0.1) is 17.8 Å². The van der Waals surface area contributed by atoms with Gasteiger partial charge in [-0.05, 0) is 54.7 Å². The van der Waals surface area contributed by atoms with Crippen LogP contribution in [0.2, 0.25) is 0 Å². The van der Waals surface area contributed by atoms with Crippen LogP contribution >= 0.6 is 0 Å². The van der Waals surface area contributed by atoms with Gasteiger partial charge in [-0.1, -0.05) is 56.5 Å². The van der Waals surface area contributed by atoms with E-state index in [1.807, 2.05) is 25.2 Å². The lowest BCUT2D eigenvalue weighted by Crippen LogP contribution is -2.33. The van der Waals surface area contributed by atoms with Crippen molar-refractivity contribution in [1.29, 1.82) is 0 Å². The first-order valence-electron chi connectivity index (χ1n) is 11.5. The number of nitrogens with one attached hydrogen (secondary N) is 1. The molecule has 3 N–H and O–H groups in total. The Labute approximate surface area is 205 Å².